The molecule has 2 aromatic carbocycles. The number of aromatic nitrogens is 1. The highest BCUT2D eigenvalue weighted by Gasteiger charge is 2.05. The first-order valence-electron chi connectivity index (χ1n) is 7.92. The van der Waals surface area contributed by atoms with Gasteiger partial charge in [0.05, 0.1) is 18.3 Å². The topological polar surface area (TPSA) is 54.0 Å². The summed E-state index contributed by atoms with van der Waals surface area (Å²) in [6.07, 6.45) is 1.92. The van der Waals surface area contributed by atoms with Crippen molar-refractivity contribution >= 4 is 23.1 Å². The van der Waals surface area contributed by atoms with Gasteiger partial charge in [0, 0.05) is 5.69 Å². The molecule has 0 fully saturated rings. The van der Waals surface area contributed by atoms with E-state index in [9.17, 15) is 9.18 Å². The molecule has 0 atom stereocenters. The zero-order valence-electron chi connectivity index (χ0n) is 13.8. The van der Waals surface area contributed by atoms with Crippen molar-refractivity contribution in [2.45, 2.75) is 13.3 Å². The Kier molecular flexibility index (Phi) is 5.04. The third kappa shape index (κ3) is 4.88. The van der Waals surface area contributed by atoms with Crippen LogP contribution in [0.5, 0.6) is 0 Å². The van der Waals surface area contributed by atoms with Gasteiger partial charge < -0.3 is 10.6 Å². The summed E-state index contributed by atoms with van der Waals surface area (Å²) in [4.78, 5) is 16.3. The van der Waals surface area contributed by atoms with Crippen molar-refractivity contribution in [1.29, 1.82) is 0 Å². The molecule has 25 heavy (non-hydrogen) atoms. The second kappa shape index (κ2) is 7.57. The van der Waals surface area contributed by atoms with Crippen molar-refractivity contribution < 1.29 is 9.18 Å². The molecule has 5 heteroatoms. The SMILES string of the molecule is Cc1cccc(CC(=O)Nc2ccc(Nc3ccc(F)cc3)cn2)c1. The predicted molar refractivity (Wildman–Crippen MR) is 97.4 cm³/mol. The van der Waals surface area contributed by atoms with Crippen LogP contribution in [0.2, 0.25) is 0 Å². The van der Waals surface area contributed by atoms with Crippen LogP contribution in [0.1, 0.15) is 11.1 Å². The van der Waals surface area contributed by atoms with E-state index in [1.54, 1.807) is 30.5 Å². The van der Waals surface area contributed by atoms with Crippen LogP contribution < -0.4 is 10.6 Å². The lowest BCUT2D eigenvalue weighted by molar-refractivity contribution is -0.115. The molecule has 1 heterocycles. The van der Waals surface area contributed by atoms with Gasteiger partial charge in [-0.05, 0) is 48.9 Å². The Labute approximate surface area is 145 Å². The Morgan fingerprint density at radius 1 is 1.04 bits per heavy atom. The van der Waals surface area contributed by atoms with Crippen LogP contribution in [-0.4, -0.2) is 10.9 Å². The lowest BCUT2D eigenvalue weighted by atomic mass is 10.1. The Bertz CT molecular complexity index is 861. The van der Waals surface area contributed by atoms with Gasteiger partial charge in [-0.2, -0.15) is 0 Å². The average Bonchev–Trinajstić information content (AvgIpc) is 2.59. The number of nitrogens with one attached hydrogen (secondary N) is 2. The van der Waals surface area contributed by atoms with Crippen molar-refractivity contribution in [3.8, 4) is 0 Å². The molecule has 4 nitrogen and oxygen atoms in total. The number of nitrogens with zero attached hydrogens (tertiary/aromatic N) is 1. The second-order valence-corrected chi connectivity index (χ2v) is 5.78. The summed E-state index contributed by atoms with van der Waals surface area (Å²) in [5.74, 6) is 0.0926. The van der Waals surface area contributed by atoms with Crippen molar-refractivity contribution in [1.82, 2.24) is 4.98 Å². The third-order valence-corrected chi connectivity index (χ3v) is 3.61. The third-order valence-electron chi connectivity index (χ3n) is 3.61. The maximum Gasteiger partial charge on any atom is 0.229 e. The summed E-state index contributed by atoms with van der Waals surface area (Å²) >= 11 is 0. The minimum Gasteiger partial charge on any atom is -0.354 e. The number of hydrogen-bond acceptors (Lipinski definition) is 3. The summed E-state index contributed by atoms with van der Waals surface area (Å²) in [5, 5.41) is 5.90. The number of hydrogen-bond donors (Lipinski definition) is 2. The highest BCUT2D eigenvalue weighted by molar-refractivity contribution is 5.91. The standard InChI is InChI=1S/C20H18FN3O/c1-14-3-2-4-15(11-14)12-20(25)24-19-10-9-18(13-22-19)23-17-7-5-16(21)6-8-17/h2-11,13,23H,12H2,1H3,(H,22,24,25). The maximum atomic E-state index is 12.9. The zero-order chi connectivity index (χ0) is 17.6. The van der Waals surface area contributed by atoms with Crippen molar-refractivity contribution in [2.24, 2.45) is 0 Å². The molecular formula is C20H18FN3O. The van der Waals surface area contributed by atoms with Crippen LogP contribution in [0.25, 0.3) is 0 Å². The van der Waals surface area contributed by atoms with E-state index >= 15 is 0 Å². The summed E-state index contributed by atoms with van der Waals surface area (Å²) in [6.45, 7) is 2.00. The average molecular weight is 335 g/mol. The Balaban J connectivity index is 1.58. The molecule has 0 saturated carbocycles. The van der Waals surface area contributed by atoms with E-state index in [4.69, 9.17) is 0 Å². The first-order valence-corrected chi connectivity index (χ1v) is 7.92. The first kappa shape index (κ1) is 16.6. The number of carbonyl (C=O) groups is 1. The Hall–Kier alpha value is -3.21. The van der Waals surface area contributed by atoms with Gasteiger partial charge >= 0.3 is 0 Å². The molecule has 0 unspecified atom stereocenters. The van der Waals surface area contributed by atoms with Gasteiger partial charge in [-0.15, -0.1) is 0 Å². The molecule has 1 aromatic heterocycles. The predicted octanol–water partition coefficient (Wildman–Crippen LogP) is 4.45. The van der Waals surface area contributed by atoms with Gasteiger partial charge in [-0.1, -0.05) is 29.8 Å². The second-order valence-electron chi connectivity index (χ2n) is 5.78. The molecule has 0 spiro atoms. The Morgan fingerprint density at radius 2 is 1.80 bits per heavy atom. The fraction of sp³-hybridized carbons (Fsp3) is 0.100. The van der Waals surface area contributed by atoms with Gasteiger partial charge in [-0.3, -0.25) is 4.79 Å². The maximum absolute atomic E-state index is 12.9. The van der Waals surface area contributed by atoms with E-state index in [-0.39, 0.29) is 11.7 Å². The van der Waals surface area contributed by atoms with Gasteiger partial charge in [0.25, 0.3) is 0 Å². The monoisotopic (exact) mass is 335 g/mol. The lowest BCUT2D eigenvalue weighted by Gasteiger charge is -2.08. The highest BCUT2D eigenvalue weighted by Crippen LogP contribution is 2.17. The van der Waals surface area contributed by atoms with E-state index in [0.29, 0.717) is 12.2 Å². The number of halogens is 1. The fourth-order valence-corrected chi connectivity index (χ4v) is 2.44. The molecular weight excluding hydrogens is 317 g/mol. The summed E-state index contributed by atoms with van der Waals surface area (Å²) in [7, 11) is 0. The van der Waals surface area contributed by atoms with Crippen molar-refractivity contribution in [3.05, 3.63) is 83.8 Å². The number of anilines is 3. The first-order chi connectivity index (χ1) is 12.1. The number of rotatable bonds is 5. The molecule has 2 N–H and O–H groups in total. The van der Waals surface area contributed by atoms with Crippen LogP contribution in [0.15, 0.2) is 66.9 Å². The number of aryl methyl sites for hydroxylation is 1. The van der Waals surface area contributed by atoms with Gasteiger partial charge in [0.2, 0.25) is 5.91 Å². The van der Waals surface area contributed by atoms with E-state index in [1.165, 1.54) is 12.1 Å². The van der Waals surface area contributed by atoms with Gasteiger partial charge in [0.15, 0.2) is 0 Å². The number of carbonyl (C=O) groups excluding carboxylic acids is 1. The largest absolute Gasteiger partial charge is 0.354 e. The molecule has 0 radical (unpaired) electrons. The van der Waals surface area contributed by atoms with E-state index in [1.807, 2.05) is 31.2 Å². The van der Waals surface area contributed by atoms with Gasteiger partial charge in [-0.25, -0.2) is 9.37 Å². The number of benzene rings is 2. The van der Waals surface area contributed by atoms with Crippen molar-refractivity contribution in [3.63, 3.8) is 0 Å². The summed E-state index contributed by atoms with van der Waals surface area (Å²) in [5.41, 5.74) is 3.61. The van der Waals surface area contributed by atoms with E-state index in [2.05, 4.69) is 15.6 Å². The zero-order valence-corrected chi connectivity index (χ0v) is 13.8. The molecule has 0 bridgehead atoms. The molecule has 0 aliphatic carbocycles. The molecule has 0 aliphatic rings. The molecule has 126 valence electrons. The summed E-state index contributed by atoms with van der Waals surface area (Å²) < 4.78 is 12.9. The van der Waals surface area contributed by atoms with Gasteiger partial charge in [0.1, 0.15) is 11.6 Å². The minimum absolute atomic E-state index is 0.114. The number of pyridine rings is 1. The quantitative estimate of drug-likeness (QED) is 0.724. The van der Waals surface area contributed by atoms with Crippen LogP contribution in [-0.2, 0) is 11.2 Å². The molecule has 3 aromatic rings. The Morgan fingerprint density at radius 3 is 2.48 bits per heavy atom. The van der Waals surface area contributed by atoms with E-state index in [0.717, 1.165) is 22.5 Å². The summed E-state index contributed by atoms with van der Waals surface area (Å²) in [6, 6.07) is 17.4. The van der Waals surface area contributed by atoms with Crippen molar-refractivity contribution in [2.75, 3.05) is 10.6 Å². The van der Waals surface area contributed by atoms with E-state index < -0.39 is 0 Å². The molecule has 3 rings (SSSR count). The molecule has 0 aliphatic heterocycles. The van der Waals surface area contributed by atoms with Crippen LogP contribution >= 0.6 is 0 Å². The minimum atomic E-state index is -0.282. The van der Waals surface area contributed by atoms with Crippen LogP contribution in [0.3, 0.4) is 0 Å². The fourth-order valence-electron chi connectivity index (χ4n) is 2.44. The smallest absolute Gasteiger partial charge is 0.229 e. The highest BCUT2D eigenvalue weighted by atomic mass is 19.1. The number of amides is 1. The lowest BCUT2D eigenvalue weighted by Crippen LogP contribution is -2.15. The van der Waals surface area contributed by atoms with Crippen LogP contribution in [0, 0.1) is 12.7 Å². The molecule has 1 amide bonds. The van der Waals surface area contributed by atoms with Crippen LogP contribution in [0.4, 0.5) is 21.6 Å². The normalized spacial score (nSPS) is 10.3. The molecule has 0 saturated heterocycles.